The summed E-state index contributed by atoms with van der Waals surface area (Å²) in [5.74, 6) is -1.70. The molecular weight excluding hydrogens is 454 g/mol. The van der Waals surface area contributed by atoms with E-state index in [1.807, 2.05) is 24.3 Å². The van der Waals surface area contributed by atoms with E-state index in [2.05, 4.69) is 39.9 Å². The number of aromatic nitrogens is 1. The molecule has 0 aliphatic heterocycles. The SMILES string of the molecule is CC[C@@H](NC(=O)c1csc(C(C)NC(=O)OCC2c3ccccc3-c3ccccc32)n1)C(=O)O. The molecule has 1 aliphatic rings. The zero-order chi connectivity index (χ0) is 24.2. The minimum absolute atomic E-state index is 0.0376. The van der Waals surface area contributed by atoms with Gasteiger partial charge in [0.1, 0.15) is 23.4 Å². The number of thiazole rings is 1. The largest absolute Gasteiger partial charge is 0.480 e. The van der Waals surface area contributed by atoms with Crippen molar-refractivity contribution >= 4 is 29.3 Å². The number of nitrogens with zero attached hydrogens (tertiary/aromatic N) is 1. The molecule has 34 heavy (non-hydrogen) atoms. The third-order valence-electron chi connectivity index (χ3n) is 5.81. The Morgan fingerprint density at radius 3 is 2.26 bits per heavy atom. The maximum absolute atomic E-state index is 12.5. The van der Waals surface area contributed by atoms with Gasteiger partial charge < -0.3 is 20.5 Å². The number of benzene rings is 2. The number of alkyl carbamates (subject to hydrolysis) is 1. The molecule has 1 aromatic heterocycles. The van der Waals surface area contributed by atoms with E-state index < -0.39 is 30.1 Å². The van der Waals surface area contributed by atoms with Crippen molar-refractivity contribution in [2.75, 3.05) is 6.61 Å². The van der Waals surface area contributed by atoms with Gasteiger partial charge in [-0.2, -0.15) is 0 Å². The average Bonchev–Trinajstić information content (AvgIpc) is 3.45. The summed E-state index contributed by atoms with van der Waals surface area (Å²) in [6.45, 7) is 3.62. The lowest BCUT2D eigenvalue weighted by Gasteiger charge is -2.16. The van der Waals surface area contributed by atoms with Crippen molar-refractivity contribution in [2.45, 2.75) is 38.3 Å². The molecule has 0 spiro atoms. The predicted octanol–water partition coefficient (Wildman–Crippen LogP) is 4.34. The number of carboxylic acids is 1. The summed E-state index contributed by atoms with van der Waals surface area (Å²) in [6, 6.07) is 14.8. The number of aliphatic carboxylic acids is 1. The van der Waals surface area contributed by atoms with E-state index in [4.69, 9.17) is 9.84 Å². The number of amides is 2. The van der Waals surface area contributed by atoms with Crippen LogP contribution in [0.3, 0.4) is 0 Å². The second-order valence-electron chi connectivity index (χ2n) is 8.04. The molecule has 0 saturated carbocycles. The third-order valence-corrected chi connectivity index (χ3v) is 6.84. The second-order valence-corrected chi connectivity index (χ2v) is 8.92. The number of carbonyl (C=O) groups excluding carboxylic acids is 2. The van der Waals surface area contributed by atoms with Crippen LogP contribution in [0.25, 0.3) is 11.1 Å². The van der Waals surface area contributed by atoms with Crippen molar-refractivity contribution in [2.24, 2.45) is 0 Å². The van der Waals surface area contributed by atoms with Gasteiger partial charge >= 0.3 is 12.1 Å². The van der Waals surface area contributed by atoms with Gasteiger partial charge in [-0.1, -0.05) is 55.5 Å². The van der Waals surface area contributed by atoms with Crippen LogP contribution in [0, 0.1) is 0 Å². The molecule has 0 fully saturated rings. The van der Waals surface area contributed by atoms with Crippen LogP contribution in [0.2, 0.25) is 0 Å². The molecule has 2 aromatic carbocycles. The normalized spacial score (nSPS) is 13.9. The van der Waals surface area contributed by atoms with E-state index in [0.29, 0.717) is 5.01 Å². The van der Waals surface area contributed by atoms with Crippen LogP contribution in [-0.2, 0) is 9.53 Å². The zero-order valence-electron chi connectivity index (χ0n) is 18.8. The lowest BCUT2D eigenvalue weighted by atomic mass is 9.98. The molecule has 3 N–H and O–H groups in total. The summed E-state index contributed by atoms with van der Waals surface area (Å²) in [4.78, 5) is 40.2. The Labute approximate surface area is 201 Å². The number of ether oxygens (including phenoxy) is 1. The Balaban J connectivity index is 1.36. The molecule has 9 heteroatoms. The van der Waals surface area contributed by atoms with E-state index in [9.17, 15) is 14.4 Å². The van der Waals surface area contributed by atoms with Crippen LogP contribution in [0.1, 0.15) is 58.9 Å². The van der Waals surface area contributed by atoms with E-state index in [1.54, 1.807) is 13.8 Å². The number of hydrogen-bond donors (Lipinski definition) is 3. The lowest BCUT2D eigenvalue weighted by molar-refractivity contribution is -0.139. The quantitative estimate of drug-likeness (QED) is 0.443. The minimum Gasteiger partial charge on any atom is -0.480 e. The lowest BCUT2D eigenvalue weighted by Crippen LogP contribution is -2.40. The summed E-state index contributed by atoms with van der Waals surface area (Å²) in [5, 5.41) is 16.3. The Morgan fingerprint density at radius 1 is 1.06 bits per heavy atom. The van der Waals surface area contributed by atoms with Crippen molar-refractivity contribution in [3.8, 4) is 11.1 Å². The molecule has 0 radical (unpaired) electrons. The van der Waals surface area contributed by atoms with Gasteiger partial charge in [0.25, 0.3) is 5.91 Å². The monoisotopic (exact) mass is 479 g/mol. The highest BCUT2D eigenvalue weighted by Gasteiger charge is 2.29. The summed E-state index contributed by atoms with van der Waals surface area (Å²) >= 11 is 1.21. The number of carboxylic acid groups (broad SMARTS) is 1. The van der Waals surface area contributed by atoms with Gasteiger partial charge in [0, 0.05) is 11.3 Å². The molecule has 8 nitrogen and oxygen atoms in total. The fourth-order valence-corrected chi connectivity index (χ4v) is 4.85. The molecule has 176 valence electrons. The highest BCUT2D eigenvalue weighted by molar-refractivity contribution is 7.09. The van der Waals surface area contributed by atoms with Gasteiger partial charge in [-0.3, -0.25) is 4.79 Å². The standard InChI is InChI=1S/C25H25N3O5S/c1-3-20(24(30)31)27-22(29)21-13-34-23(28-21)14(2)26-25(32)33-12-19-17-10-6-4-8-15(17)16-9-5-7-11-18(16)19/h4-11,13-14,19-20H,3,12H2,1-2H3,(H,26,32)(H,27,29)(H,30,31)/t14?,20-/m1/s1. The average molecular weight is 480 g/mol. The van der Waals surface area contributed by atoms with Crippen LogP contribution < -0.4 is 10.6 Å². The third kappa shape index (κ3) is 4.79. The van der Waals surface area contributed by atoms with Gasteiger partial charge in [0.2, 0.25) is 0 Å². The van der Waals surface area contributed by atoms with Crippen LogP contribution in [-0.4, -0.2) is 40.7 Å². The predicted molar refractivity (Wildman–Crippen MR) is 128 cm³/mol. The van der Waals surface area contributed by atoms with Gasteiger partial charge in [0.05, 0.1) is 6.04 Å². The van der Waals surface area contributed by atoms with Gasteiger partial charge in [-0.15, -0.1) is 11.3 Å². The fraction of sp³-hybridized carbons (Fsp3) is 0.280. The first kappa shape index (κ1) is 23.4. The van der Waals surface area contributed by atoms with Crippen molar-refractivity contribution in [3.05, 3.63) is 75.7 Å². The van der Waals surface area contributed by atoms with Crippen molar-refractivity contribution in [3.63, 3.8) is 0 Å². The summed E-state index contributed by atoms with van der Waals surface area (Å²) in [7, 11) is 0. The molecular formula is C25H25N3O5S. The minimum atomic E-state index is -1.10. The van der Waals surface area contributed by atoms with Crippen molar-refractivity contribution < 1.29 is 24.2 Å². The molecule has 4 rings (SSSR count). The first-order valence-corrected chi connectivity index (χ1v) is 11.9. The van der Waals surface area contributed by atoms with Crippen LogP contribution in [0.15, 0.2) is 53.9 Å². The Bertz CT molecular complexity index is 1180. The van der Waals surface area contributed by atoms with Gasteiger partial charge in [-0.05, 0) is 35.6 Å². The smallest absolute Gasteiger partial charge is 0.407 e. The van der Waals surface area contributed by atoms with E-state index >= 15 is 0 Å². The van der Waals surface area contributed by atoms with E-state index in [-0.39, 0.29) is 24.6 Å². The number of nitrogens with one attached hydrogen (secondary N) is 2. The molecule has 1 heterocycles. The number of fused-ring (bicyclic) bond motifs is 3. The van der Waals surface area contributed by atoms with Crippen LogP contribution in [0.5, 0.6) is 0 Å². The second kappa shape index (κ2) is 10.0. The molecule has 0 bridgehead atoms. The Morgan fingerprint density at radius 2 is 1.68 bits per heavy atom. The molecule has 1 unspecified atom stereocenters. The zero-order valence-corrected chi connectivity index (χ0v) is 19.6. The first-order chi connectivity index (χ1) is 16.4. The Kier molecular flexibility index (Phi) is 6.93. The maximum Gasteiger partial charge on any atom is 0.407 e. The number of hydrogen-bond acceptors (Lipinski definition) is 6. The number of carbonyl (C=O) groups is 3. The molecule has 2 amide bonds. The maximum atomic E-state index is 12.5. The fourth-order valence-electron chi connectivity index (χ4n) is 4.04. The molecule has 3 aromatic rings. The van der Waals surface area contributed by atoms with Crippen molar-refractivity contribution in [1.82, 2.24) is 15.6 Å². The summed E-state index contributed by atoms with van der Waals surface area (Å²) in [5.41, 5.74) is 4.68. The summed E-state index contributed by atoms with van der Waals surface area (Å²) < 4.78 is 5.56. The summed E-state index contributed by atoms with van der Waals surface area (Å²) in [6.07, 6.45) is -0.315. The topological polar surface area (TPSA) is 118 Å². The molecule has 2 atom stereocenters. The van der Waals surface area contributed by atoms with Crippen LogP contribution in [0.4, 0.5) is 4.79 Å². The first-order valence-electron chi connectivity index (χ1n) is 11.0. The highest BCUT2D eigenvalue weighted by Crippen LogP contribution is 2.44. The van der Waals surface area contributed by atoms with E-state index in [0.717, 1.165) is 22.3 Å². The van der Waals surface area contributed by atoms with Crippen LogP contribution >= 0.6 is 11.3 Å². The van der Waals surface area contributed by atoms with Gasteiger partial charge in [-0.25, -0.2) is 14.6 Å². The molecule has 1 aliphatic carbocycles. The number of rotatable bonds is 8. The van der Waals surface area contributed by atoms with E-state index in [1.165, 1.54) is 16.7 Å². The van der Waals surface area contributed by atoms with Gasteiger partial charge in [0.15, 0.2) is 0 Å². The Hall–Kier alpha value is -3.72. The van der Waals surface area contributed by atoms with Crippen molar-refractivity contribution in [1.29, 1.82) is 0 Å². The highest BCUT2D eigenvalue weighted by atomic mass is 32.1. The molecule has 0 saturated heterocycles.